The SMILES string of the molecule is COc1ccc(F)cc1CC1OCCO1. The van der Waals surface area contributed by atoms with E-state index in [0.717, 1.165) is 5.56 Å². The van der Waals surface area contributed by atoms with Crippen molar-refractivity contribution >= 4 is 0 Å². The summed E-state index contributed by atoms with van der Waals surface area (Å²) in [5.41, 5.74) is 0.768. The summed E-state index contributed by atoms with van der Waals surface area (Å²) in [4.78, 5) is 0. The smallest absolute Gasteiger partial charge is 0.161 e. The van der Waals surface area contributed by atoms with E-state index in [2.05, 4.69) is 0 Å². The summed E-state index contributed by atoms with van der Waals surface area (Å²) in [6.07, 6.45) is 0.238. The minimum Gasteiger partial charge on any atom is -0.496 e. The van der Waals surface area contributed by atoms with Crippen LogP contribution in [-0.2, 0) is 15.9 Å². The van der Waals surface area contributed by atoms with E-state index in [1.807, 2.05) is 0 Å². The highest BCUT2D eigenvalue weighted by Crippen LogP contribution is 2.22. The third-order valence-corrected chi connectivity index (χ3v) is 2.32. The highest BCUT2D eigenvalue weighted by atomic mass is 19.1. The van der Waals surface area contributed by atoms with Crippen LogP contribution in [0.1, 0.15) is 5.56 Å². The largest absolute Gasteiger partial charge is 0.496 e. The summed E-state index contributed by atoms with van der Waals surface area (Å²) in [5.74, 6) is 0.388. The van der Waals surface area contributed by atoms with E-state index in [4.69, 9.17) is 14.2 Å². The minimum absolute atomic E-state index is 0.274. The van der Waals surface area contributed by atoms with Gasteiger partial charge < -0.3 is 14.2 Å². The van der Waals surface area contributed by atoms with E-state index in [1.54, 1.807) is 13.2 Å². The summed E-state index contributed by atoms with van der Waals surface area (Å²) in [6.45, 7) is 1.20. The molecule has 1 heterocycles. The molecule has 0 radical (unpaired) electrons. The monoisotopic (exact) mass is 212 g/mol. The van der Waals surface area contributed by atoms with E-state index >= 15 is 0 Å². The maximum Gasteiger partial charge on any atom is 0.161 e. The van der Waals surface area contributed by atoms with E-state index in [9.17, 15) is 4.39 Å². The van der Waals surface area contributed by atoms with Gasteiger partial charge in [-0.3, -0.25) is 0 Å². The predicted molar refractivity (Wildman–Crippen MR) is 52.3 cm³/mol. The van der Waals surface area contributed by atoms with Crippen molar-refractivity contribution in [2.45, 2.75) is 12.7 Å². The average Bonchev–Trinajstić information content (AvgIpc) is 2.71. The molecule has 3 nitrogen and oxygen atoms in total. The van der Waals surface area contributed by atoms with Crippen molar-refractivity contribution in [3.63, 3.8) is 0 Å². The van der Waals surface area contributed by atoms with Gasteiger partial charge in [0.2, 0.25) is 0 Å². The van der Waals surface area contributed by atoms with E-state index in [-0.39, 0.29) is 12.1 Å². The zero-order valence-corrected chi connectivity index (χ0v) is 8.53. The molecule has 1 saturated heterocycles. The van der Waals surface area contributed by atoms with Crippen LogP contribution in [0.2, 0.25) is 0 Å². The third-order valence-electron chi connectivity index (χ3n) is 2.32. The second kappa shape index (κ2) is 4.59. The number of benzene rings is 1. The van der Waals surface area contributed by atoms with Crippen LogP contribution in [0.25, 0.3) is 0 Å². The first kappa shape index (κ1) is 10.4. The van der Waals surface area contributed by atoms with Crippen LogP contribution in [0.15, 0.2) is 18.2 Å². The van der Waals surface area contributed by atoms with Crippen LogP contribution >= 0.6 is 0 Å². The molecule has 0 aliphatic carbocycles. The van der Waals surface area contributed by atoms with Crippen LogP contribution in [0.4, 0.5) is 4.39 Å². The minimum atomic E-state index is -0.277. The van der Waals surface area contributed by atoms with Gasteiger partial charge in [-0.2, -0.15) is 0 Å². The van der Waals surface area contributed by atoms with Crippen LogP contribution in [0.3, 0.4) is 0 Å². The molecule has 1 aliphatic heterocycles. The first-order valence-electron chi connectivity index (χ1n) is 4.85. The van der Waals surface area contributed by atoms with Crippen molar-refractivity contribution in [3.05, 3.63) is 29.6 Å². The molecule has 1 aromatic carbocycles. The first-order chi connectivity index (χ1) is 7.29. The predicted octanol–water partition coefficient (Wildman–Crippen LogP) is 1.75. The molecule has 4 heteroatoms. The van der Waals surface area contributed by atoms with Gasteiger partial charge in [-0.05, 0) is 18.2 Å². The Labute approximate surface area is 87.8 Å². The van der Waals surface area contributed by atoms with Crippen LogP contribution in [0, 0.1) is 5.82 Å². The van der Waals surface area contributed by atoms with Crippen LogP contribution in [-0.4, -0.2) is 26.6 Å². The number of halogens is 1. The second-order valence-corrected chi connectivity index (χ2v) is 3.33. The standard InChI is InChI=1S/C11H13FO3/c1-13-10-3-2-9(12)6-8(10)7-11-14-4-5-15-11/h2-3,6,11H,4-5,7H2,1H3. The molecule has 2 rings (SSSR count). The van der Waals surface area contributed by atoms with Gasteiger partial charge in [-0.1, -0.05) is 0 Å². The molecule has 0 aromatic heterocycles. The third kappa shape index (κ3) is 2.46. The molecular weight excluding hydrogens is 199 g/mol. The van der Waals surface area contributed by atoms with Gasteiger partial charge in [-0.25, -0.2) is 4.39 Å². The summed E-state index contributed by atoms with van der Waals surface area (Å²) in [7, 11) is 1.56. The van der Waals surface area contributed by atoms with Gasteiger partial charge in [0.05, 0.1) is 20.3 Å². The van der Waals surface area contributed by atoms with Gasteiger partial charge in [0.25, 0.3) is 0 Å². The van der Waals surface area contributed by atoms with Crippen molar-refractivity contribution < 1.29 is 18.6 Å². The Kier molecular flexibility index (Phi) is 3.18. The fourth-order valence-corrected chi connectivity index (χ4v) is 1.61. The summed E-state index contributed by atoms with van der Waals surface area (Å²) in [5, 5.41) is 0. The summed E-state index contributed by atoms with van der Waals surface area (Å²) >= 11 is 0. The van der Waals surface area contributed by atoms with Crippen molar-refractivity contribution in [2.24, 2.45) is 0 Å². The quantitative estimate of drug-likeness (QED) is 0.764. The molecule has 0 bridgehead atoms. The summed E-state index contributed by atoms with van der Waals surface area (Å²) in [6, 6.07) is 4.43. The lowest BCUT2D eigenvalue weighted by molar-refractivity contribution is -0.0403. The van der Waals surface area contributed by atoms with Crippen molar-refractivity contribution in [3.8, 4) is 5.75 Å². The van der Waals surface area contributed by atoms with Crippen molar-refractivity contribution in [1.82, 2.24) is 0 Å². The van der Waals surface area contributed by atoms with Crippen LogP contribution < -0.4 is 4.74 Å². The van der Waals surface area contributed by atoms with Gasteiger partial charge in [0, 0.05) is 12.0 Å². The Balaban J connectivity index is 2.14. The van der Waals surface area contributed by atoms with Gasteiger partial charge in [0.1, 0.15) is 11.6 Å². The fraction of sp³-hybridized carbons (Fsp3) is 0.455. The topological polar surface area (TPSA) is 27.7 Å². The van der Waals surface area contributed by atoms with Crippen molar-refractivity contribution in [2.75, 3.05) is 20.3 Å². The number of hydrogen-bond acceptors (Lipinski definition) is 3. The molecule has 0 spiro atoms. The maximum atomic E-state index is 13.0. The molecule has 0 atom stereocenters. The average molecular weight is 212 g/mol. The van der Waals surface area contributed by atoms with Gasteiger partial charge in [0.15, 0.2) is 6.29 Å². The molecule has 15 heavy (non-hydrogen) atoms. The maximum absolute atomic E-state index is 13.0. The van der Waals surface area contributed by atoms with E-state index in [0.29, 0.717) is 25.4 Å². The zero-order chi connectivity index (χ0) is 10.7. The molecule has 1 aromatic rings. The van der Waals surface area contributed by atoms with Gasteiger partial charge in [-0.15, -0.1) is 0 Å². The highest BCUT2D eigenvalue weighted by Gasteiger charge is 2.18. The Bertz CT molecular complexity index is 335. The normalized spacial score (nSPS) is 16.9. The molecule has 0 saturated carbocycles. The van der Waals surface area contributed by atoms with E-state index < -0.39 is 0 Å². The lowest BCUT2D eigenvalue weighted by Crippen LogP contribution is -2.12. The molecular formula is C11H13FO3. The van der Waals surface area contributed by atoms with Crippen molar-refractivity contribution in [1.29, 1.82) is 0 Å². The Morgan fingerprint density at radius 3 is 2.80 bits per heavy atom. The molecule has 0 amide bonds. The molecule has 0 N–H and O–H groups in total. The lowest BCUT2D eigenvalue weighted by atomic mass is 10.1. The highest BCUT2D eigenvalue weighted by molar-refractivity contribution is 5.34. The molecule has 82 valence electrons. The first-order valence-corrected chi connectivity index (χ1v) is 4.85. The van der Waals surface area contributed by atoms with E-state index in [1.165, 1.54) is 12.1 Å². The Morgan fingerprint density at radius 1 is 1.40 bits per heavy atom. The Hall–Kier alpha value is -1.13. The second-order valence-electron chi connectivity index (χ2n) is 3.33. The fourth-order valence-electron chi connectivity index (χ4n) is 1.61. The molecule has 0 unspecified atom stereocenters. The van der Waals surface area contributed by atoms with Gasteiger partial charge >= 0.3 is 0 Å². The number of rotatable bonds is 3. The lowest BCUT2D eigenvalue weighted by Gasteiger charge is -2.12. The summed E-state index contributed by atoms with van der Waals surface area (Å²) < 4.78 is 28.7. The van der Waals surface area contributed by atoms with Crippen LogP contribution in [0.5, 0.6) is 5.75 Å². The zero-order valence-electron chi connectivity index (χ0n) is 8.53. The number of ether oxygens (including phenoxy) is 3. The molecule has 1 aliphatic rings. The number of hydrogen-bond donors (Lipinski definition) is 0. The molecule has 1 fully saturated rings. The number of methoxy groups -OCH3 is 1. The Morgan fingerprint density at radius 2 is 2.13 bits per heavy atom.